The number of aliphatic hydroxyl groups is 1. The van der Waals surface area contributed by atoms with Gasteiger partial charge < -0.3 is 20.4 Å². The molecule has 0 bridgehead atoms. The topological polar surface area (TPSA) is 99.8 Å². The van der Waals surface area contributed by atoms with Gasteiger partial charge >= 0.3 is 0 Å². The van der Waals surface area contributed by atoms with Crippen LogP contribution in [-0.4, -0.2) is 65.3 Å². The first kappa shape index (κ1) is 16.8. The van der Waals surface area contributed by atoms with Crippen molar-refractivity contribution in [3.05, 3.63) is 36.0 Å². The molecular formula is C16H20N4O3. The lowest BCUT2D eigenvalue weighted by molar-refractivity contribution is -0.112. The molecule has 1 aliphatic heterocycles. The fraction of sp³-hybridized carbons (Fsp3) is 0.375. The summed E-state index contributed by atoms with van der Waals surface area (Å²) in [5, 5.41) is 30.3. The Kier molecular flexibility index (Phi) is 5.97. The summed E-state index contributed by atoms with van der Waals surface area (Å²) in [6.07, 6.45) is 1.55. The minimum Gasteiger partial charge on any atom is -0.506 e. The van der Waals surface area contributed by atoms with Gasteiger partial charge in [-0.3, -0.25) is 9.69 Å². The van der Waals surface area contributed by atoms with Crippen LogP contribution in [0.1, 0.15) is 0 Å². The molecule has 0 spiro atoms. The van der Waals surface area contributed by atoms with Gasteiger partial charge in [-0.15, -0.1) is 0 Å². The number of hydrogen-bond donors (Lipinski definition) is 3. The van der Waals surface area contributed by atoms with Gasteiger partial charge in [0.05, 0.1) is 12.3 Å². The van der Waals surface area contributed by atoms with Crippen LogP contribution < -0.4 is 5.32 Å². The molecule has 1 saturated heterocycles. The number of amides is 1. The number of nitrogens with one attached hydrogen (secondary N) is 1. The SMILES string of the molecule is N#C/C(=C/N1CCN(CCO)CC1)C(=O)Nc1ccccc1O. The van der Waals surface area contributed by atoms with Crippen LogP contribution in [0, 0.1) is 11.3 Å². The second-order valence-corrected chi connectivity index (χ2v) is 5.23. The molecule has 1 heterocycles. The number of rotatable bonds is 5. The lowest BCUT2D eigenvalue weighted by atomic mass is 10.2. The van der Waals surface area contributed by atoms with Crippen molar-refractivity contribution in [3.63, 3.8) is 0 Å². The summed E-state index contributed by atoms with van der Waals surface area (Å²) in [5.74, 6) is -0.595. The van der Waals surface area contributed by atoms with E-state index >= 15 is 0 Å². The Morgan fingerprint density at radius 3 is 2.61 bits per heavy atom. The summed E-state index contributed by atoms with van der Waals surface area (Å²) < 4.78 is 0. The first-order valence-electron chi connectivity index (χ1n) is 7.42. The van der Waals surface area contributed by atoms with Gasteiger partial charge in [-0.05, 0) is 12.1 Å². The van der Waals surface area contributed by atoms with Gasteiger partial charge in [0.15, 0.2) is 0 Å². The molecule has 0 aliphatic carbocycles. The molecule has 2 rings (SSSR count). The third-order valence-electron chi connectivity index (χ3n) is 3.65. The molecule has 7 nitrogen and oxygen atoms in total. The fourth-order valence-electron chi connectivity index (χ4n) is 2.35. The van der Waals surface area contributed by atoms with Gasteiger partial charge in [0.2, 0.25) is 0 Å². The number of nitrogens with zero attached hydrogens (tertiary/aromatic N) is 3. The van der Waals surface area contributed by atoms with Crippen molar-refractivity contribution in [3.8, 4) is 11.8 Å². The molecule has 0 unspecified atom stereocenters. The highest BCUT2D eigenvalue weighted by molar-refractivity contribution is 6.07. The highest BCUT2D eigenvalue weighted by Gasteiger charge is 2.17. The Balaban J connectivity index is 1.98. The molecule has 3 N–H and O–H groups in total. The van der Waals surface area contributed by atoms with E-state index in [0.29, 0.717) is 19.6 Å². The minimum atomic E-state index is -0.549. The normalized spacial score (nSPS) is 16.0. The van der Waals surface area contributed by atoms with Crippen LogP contribution in [0.5, 0.6) is 5.75 Å². The van der Waals surface area contributed by atoms with Crippen molar-refractivity contribution in [2.24, 2.45) is 0 Å². The van der Waals surface area contributed by atoms with E-state index in [2.05, 4.69) is 10.2 Å². The highest BCUT2D eigenvalue weighted by Crippen LogP contribution is 2.22. The van der Waals surface area contributed by atoms with Gasteiger partial charge in [-0.2, -0.15) is 5.26 Å². The molecule has 0 atom stereocenters. The number of nitriles is 1. The summed E-state index contributed by atoms with van der Waals surface area (Å²) in [6.45, 7) is 3.69. The summed E-state index contributed by atoms with van der Waals surface area (Å²) in [6, 6.07) is 8.26. The number of carbonyl (C=O) groups excluding carboxylic acids is 1. The number of β-amino-alcohol motifs (C(OH)–C–C–N with tert-alkyl or cyclic N) is 1. The quantitative estimate of drug-likeness (QED) is 0.412. The lowest BCUT2D eigenvalue weighted by Crippen LogP contribution is -2.45. The Bertz CT molecular complexity index is 616. The summed E-state index contributed by atoms with van der Waals surface area (Å²) in [7, 11) is 0. The van der Waals surface area contributed by atoms with Crippen LogP contribution in [0.2, 0.25) is 0 Å². The number of carbonyl (C=O) groups is 1. The first-order valence-corrected chi connectivity index (χ1v) is 7.42. The van der Waals surface area contributed by atoms with Crippen LogP contribution in [0.25, 0.3) is 0 Å². The second kappa shape index (κ2) is 8.17. The number of anilines is 1. The Morgan fingerprint density at radius 2 is 2.00 bits per heavy atom. The number of aliphatic hydroxyl groups excluding tert-OH is 1. The van der Waals surface area contributed by atoms with Gasteiger partial charge in [0, 0.05) is 38.9 Å². The van der Waals surface area contributed by atoms with E-state index < -0.39 is 5.91 Å². The Labute approximate surface area is 135 Å². The molecule has 1 aromatic carbocycles. The third kappa shape index (κ3) is 4.71. The number of piperazine rings is 1. The van der Waals surface area contributed by atoms with Crippen LogP contribution >= 0.6 is 0 Å². The zero-order chi connectivity index (χ0) is 16.7. The van der Waals surface area contributed by atoms with E-state index in [1.165, 1.54) is 6.07 Å². The average molecular weight is 316 g/mol. The molecule has 23 heavy (non-hydrogen) atoms. The van der Waals surface area contributed by atoms with Crippen molar-refractivity contribution in [2.45, 2.75) is 0 Å². The predicted octanol–water partition coefficient (Wildman–Crippen LogP) is 0.348. The zero-order valence-electron chi connectivity index (χ0n) is 12.8. The smallest absolute Gasteiger partial charge is 0.267 e. The van der Waals surface area contributed by atoms with Crippen LogP contribution in [-0.2, 0) is 4.79 Å². The van der Waals surface area contributed by atoms with Gasteiger partial charge in [0.1, 0.15) is 17.4 Å². The molecule has 1 aliphatic rings. The van der Waals surface area contributed by atoms with Crippen molar-refractivity contribution in [1.82, 2.24) is 9.80 Å². The van der Waals surface area contributed by atoms with Crippen molar-refractivity contribution < 1.29 is 15.0 Å². The number of phenolic OH excluding ortho intramolecular Hbond substituents is 1. The van der Waals surface area contributed by atoms with Crippen molar-refractivity contribution in [2.75, 3.05) is 44.6 Å². The summed E-state index contributed by atoms with van der Waals surface area (Å²) in [5.41, 5.74) is 0.260. The predicted molar refractivity (Wildman–Crippen MR) is 85.5 cm³/mol. The minimum absolute atomic E-state index is 0.0103. The first-order chi connectivity index (χ1) is 11.1. The van der Waals surface area contributed by atoms with Gasteiger partial charge in [-0.1, -0.05) is 12.1 Å². The molecular weight excluding hydrogens is 296 g/mol. The van der Waals surface area contributed by atoms with E-state index in [4.69, 9.17) is 5.11 Å². The molecule has 1 aromatic rings. The Hall–Kier alpha value is -2.56. The lowest BCUT2D eigenvalue weighted by Gasteiger charge is -2.33. The van der Waals surface area contributed by atoms with E-state index in [1.807, 2.05) is 11.0 Å². The monoisotopic (exact) mass is 316 g/mol. The van der Waals surface area contributed by atoms with Gasteiger partial charge in [0.25, 0.3) is 5.91 Å². The van der Waals surface area contributed by atoms with Crippen molar-refractivity contribution >= 4 is 11.6 Å². The third-order valence-corrected chi connectivity index (χ3v) is 3.65. The fourth-order valence-corrected chi connectivity index (χ4v) is 2.35. The molecule has 0 radical (unpaired) electrons. The maximum absolute atomic E-state index is 12.2. The van der Waals surface area contributed by atoms with Crippen LogP contribution in [0.15, 0.2) is 36.0 Å². The number of hydrogen-bond acceptors (Lipinski definition) is 6. The van der Waals surface area contributed by atoms with E-state index in [0.717, 1.165) is 13.1 Å². The maximum Gasteiger partial charge on any atom is 0.267 e. The average Bonchev–Trinajstić information content (AvgIpc) is 2.56. The van der Waals surface area contributed by atoms with Crippen LogP contribution in [0.4, 0.5) is 5.69 Å². The molecule has 122 valence electrons. The largest absolute Gasteiger partial charge is 0.506 e. The second-order valence-electron chi connectivity index (χ2n) is 5.23. The van der Waals surface area contributed by atoms with E-state index in [1.54, 1.807) is 24.4 Å². The summed E-state index contributed by atoms with van der Waals surface area (Å²) >= 11 is 0. The van der Waals surface area contributed by atoms with Crippen molar-refractivity contribution in [1.29, 1.82) is 5.26 Å². The molecule has 7 heteroatoms. The zero-order valence-corrected chi connectivity index (χ0v) is 12.8. The number of phenols is 1. The van der Waals surface area contributed by atoms with E-state index in [-0.39, 0.29) is 23.6 Å². The van der Waals surface area contributed by atoms with E-state index in [9.17, 15) is 15.2 Å². The molecule has 1 fully saturated rings. The van der Waals surface area contributed by atoms with Crippen LogP contribution in [0.3, 0.4) is 0 Å². The number of aromatic hydroxyl groups is 1. The van der Waals surface area contributed by atoms with Gasteiger partial charge in [-0.25, -0.2) is 0 Å². The Morgan fingerprint density at radius 1 is 1.30 bits per heavy atom. The standard InChI is InChI=1S/C16H20N4O3/c17-11-13(12-20-7-5-19(6-8-20)9-10-21)16(23)18-14-3-1-2-4-15(14)22/h1-4,12,21-22H,5-10H2,(H,18,23)/b13-12-. The molecule has 0 saturated carbocycles. The highest BCUT2D eigenvalue weighted by atomic mass is 16.3. The number of para-hydroxylation sites is 2. The molecule has 1 amide bonds. The number of benzene rings is 1. The summed E-state index contributed by atoms with van der Waals surface area (Å²) in [4.78, 5) is 16.2. The molecule has 0 aromatic heterocycles. The maximum atomic E-state index is 12.2.